The number of allylic oxidation sites excluding steroid dienone is 2. The summed E-state index contributed by atoms with van der Waals surface area (Å²) in [7, 11) is 2.92. The first-order chi connectivity index (χ1) is 7.65. The summed E-state index contributed by atoms with van der Waals surface area (Å²) in [6.45, 7) is 10.6. The molecule has 3 heteroatoms. The second-order valence-corrected chi connectivity index (χ2v) is 4.98. The van der Waals surface area contributed by atoms with E-state index in [-0.39, 0.29) is 0 Å². The van der Waals surface area contributed by atoms with Gasteiger partial charge in [0.1, 0.15) is 0 Å². The number of nitrogens with one attached hydrogen (secondary N) is 1. The van der Waals surface area contributed by atoms with E-state index in [1.165, 1.54) is 30.5 Å². The lowest BCUT2D eigenvalue weighted by atomic mass is 9.94. The van der Waals surface area contributed by atoms with Gasteiger partial charge in [-0.3, -0.25) is 5.43 Å². The Bertz CT molecular complexity index is 246. The molecule has 0 aromatic carbocycles. The number of rotatable bonds is 4. The Morgan fingerprint density at radius 2 is 2.12 bits per heavy atom. The van der Waals surface area contributed by atoms with Crippen molar-refractivity contribution in [3.8, 4) is 0 Å². The molecule has 0 aromatic heterocycles. The molecule has 0 aliphatic carbocycles. The summed E-state index contributed by atoms with van der Waals surface area (Å²) < 4.78 is 0. The minimum atomic E-state index is 0.505. The Hall–Kier alpha value is -0.360. The Morgan fingerprint density at radius 3 is 2.62 bits per heavy atom. The molecule has 1 aliphatic heterocycles. The maximum Gasteiger partial charge on any atom is 0.0316 e. The predicted octanol–water partition coefficient (Wildman–Crippen LogP) is 3.95. The predicted molar refractivity (Wildman–Crippen MR) is 77.9 cm³/mol. The van der Waals surface area contributed by atoms with E-state index in [1.54, 1.807) is 0 Å². The topological polar surface area (TPSA) is 24.4 Å². The van der Waals surface area contributed by atoms with Gasteiger partial charge in [-0.15, -0.1) is 9.24 Å². The summed E-state index contributed by atoms with van der Waals surface area (Å²) in [5, 5.41) is 4.10. The van der Waals surface area contributed by atoms with Crippen molar-refractivity contribution in [2.24, 2.45) is 11.0 Å². The molecule has 1 N–H and O–H groups in total. The summed E-state index contributed by atoms with van der Waals surface area (Å²) >= 11 is 0. The largest absolute Gasteiger partial charge is 0.283 e. The van der Waals surface area contributed by atoms with Crippen LogP contribution in [-0.4, -0.2) is 11.9 Å². The van der Waals surface area contributed by atoms with Crippen molar-refractivity contribution in [1.82, 2.24) is 5.43 Å². The van der Waals surface area contributed by atoms with Crippen LogP contribution in [0.5, 0.6) is 0 Å². The molecule has 16 heavy (non-hydrogen) atoms. The lowest BCUT2D eigenvalue weighted by Crippen LogP contribution is -2.18. The molecule has 3 unspecified atom stereocenters. The standard InChI is InChI=1S/C11H21N2P.C2H6/c1-4-10(14)5-6-11-8(2)7-12-13-9(11)3;1-2/h7-8,10,13H,4-6,14H2,1-3H3;1-2H3. The molecule has 3 atom stereocenters. The van der Waals surface area contributed by atoms with Crippen molar-refractivity contribution >= 4 is 15.5 Å². The van der Waals surface area contributed by atoms with E-state index in [9.17, 15) is 0 Å². The van der Waals surface area contributed by atoms with Crippen LogP contribution in [0.15, 0.2) is 16.4 Å². The van der Waals surface area contributed by atoms with Crippen molar-refractivity contribution in [1.29, 1.82) is 0 Å². The fraction of sp³-hybridized carbons (Fsp3) is 0.769. The summed E-state index contributed by atoms with van der Waals surface area (Å²) in [5.41, 5.74) is 6.56. The van der Waals surface area contributed by atoms with E-state index >= 15 is 0 Å². The smallest absolute Gasteiger partial charge is 0.0316 e. The zero-order chi connectivity index (χ0) is 12.6. The first-order valence-corrected chi connectivity index (χ1v) is 7.06. The van der Waals surface area contributed by atoms with Crippen molar-refractivity contribution in [3.05, 3.63) is 11.3 Å². The molecule has 1 rings (SSSR count). The molecule has 0 saturated heterocycles. The molecule has 1 aliphatic rings. The summed E-state index contributed by atoms with van der Waals surface area (Å²) in [6.07, 6.45) is 5.68. The van der Waals surface area contributed by atoms with E-state index in [4.69, 9.17) is 0 Å². The summed E-state index contributed by atoms with van der Waals surface area (Å²) in [6, 6.07) is 0. The number of hydrogen-bond donors (Lipinski definition) is 1. The Kier molecular flexibility index (Phi) is 8.56. The first-order valence-electron chi connectivity index (χ1n) is 6.39. The van der Waals surface area contributed by atoms with E-state index in [0.29, 0.717) is 5.92 Å². The first kappa shape index (κ1) is 15.6. The zero-order valence-corrected chi connectivity index (χ0v) is 12.5. The monoisotopic (exact) mass is 242 g/mol. The molecular weight excluding hydrogens is 215 g/mol. The van der Waals surface area contributed by atoms with Crippen molar-refractivity contribution in [2.45, 2.75) is 59.5 Å². The van der Waals surface area contributed by atoms with E-state index in [0.717, 1.165) is 5.66 Å². The number of hydrazone groups is 1. The van der Waals surface area contributed by atoms with Gasteiger partial charge in [-0.1, -0.05) is 27.7 Å². The highest BCUT2D eigenvalue weighted by atomic mass is 31.0. The van der Waals surface area contributed by atoms with Gasteiger partial charge in [-0.25, -0.2) is 0 Å². The lowest BCUT2D eigenvalue weighted by molar-refractivity contribution is 0.664. The van der Waals surface area contributed by atoms with Crippen molar-refractivity contribution in [3.63, 3.8) is 0 Å². The van der Waals surface area contributed by atoms with Crippen LogP contribution in [0.3, 0.4) is 0 Å². The maximum atomic E-state index is 4.10. The third-order valence-electron chi connectivity index (χ3n) is 2.87. The van der Waals surface area contributed by atoms with Gasteiger partial charge in [0.2, 0.25) is 0 Å². The Morgan fingerprint density at radius 1 is 1.50 bits per heavy atom. The highest BCUT2D eigenvalue weighted by molar-refractivity contribution is 7.17. The molecule has 0 amide bonds. The van der Waals surface area contributed by atoms with Gasteiger partial charge in [0.15, 0.2) is 0 Å². The molecular formula is C13H27N2P. The molecule has 1 heterocycles. The molecule has 94 valence electrons. The average molecular weight is 242 g/mol. The SMILES string of the molecule is CC.CCC(P)CCC1=C(C)NN=CC1C. The van der Waals surface area contributed by atoms with Gasteiger partial charge in [-0.05, 0) is 37.4 Å². The second kappa shape index (κ2) is 8.75. The molecule has 0 fully saturated rings. The van der Waals surface area contributed by atoms with Crippen molar-refractivity contribution < 1.29 is 0 Å². The van der Waals surface area contributed by atoms with Crippen LogP contribution >= 0.6 is 9.24 Å². The lowest BCUT2D eigenvalue weighted by Gasteiger charge is -2.21. The molecule has 0 radical (unpaired) electrons. The van der Waals surface area contributed by atoms with E-state index in [1.807, 2.05) is 20.1 Å². The highest BCUT2D eigenvalue weighted by Crippen LogP contribution is 2.24. The molecule has 0 spiro atoms. The quantitative estimate of drug-likeness (QED) is 0.742. The van der Waals surface area contributed by atoms with Crippen LogP contribution in [0.25, 0.3) is 0 Å². The van der Waals surface area contributed by atoms with E-state index in [2.05, 4.69) is 40.5 Å². The second-order valence-electron chi connectivity index (χ2n) is 4.04. The minimum Gasteiger partial charge on any atom is -0.283 e. The molecule has 0 bridgehead atoms. The van der Waals surface area contributed by atoms with Gasteiger partial charge in [0, 0.05) is 17.8 Å². The third kappa shape index (κ3) is 5.12. The zero-order valence-electron chi connectivity index (χ0n) is 11.4. The number of hydrogen-bond acceptors (Lipinski definition) is 2. The summed E-state index contributed by atoms with van der Waals surface area (Å²) in [5.74, 6) is 0.505. The highest BCUT2D eigenvalue weighted by Gasteiger charge is 2.14. The molecule has 0 aromatic rings. The van der Waals surface area contributed by atoms with Gasteiger partial charge >= 0.3 is 0 Å². The fourth-order valence-electron chi connectivity index (χ4n) is 1.71. The van der Waals surface area contributed by atoms with Gasteiger partial charge in [0.05, 0.1) is 0 Å². The van der Waals surface area contributed by atoms with Gasteiger partial charge in [0.25, 0.3) is 0 Å². The van der Waals surface area contributed by atoms with Gasteiger partial charge in [-0.2, -0.15) is 5.10 Å². The number of nitrogens with zero attached hydrogens (tertiary/aromatic N) is 1. The molecule has 2 nitrogen and oxygen atoms in total. The fourth-order valence-corrected chi connectivity index (χ4v) is 1.88. The van der Waals surface area contributed by atoms with E-state index < -0.39 is 0 Å². The Balaban J connectivity index is 0.00000106. The van der Waals surface area contributed by atoms with Crippen LogP contribution in [0.4, 0.5) is 0 Å². The maximum absolute atomic E-state index is 4.10. The van der Waals surface area contributed by atoms with Gasteiger partial charge < -0.3 is 0 Å². The summed E-state index contributed by atoms with van der Waals surface area (Å²) in [4.78, 5) is 0. The van der Waals surface area contributed by atoms with Crippen LogP contribution in [0.2, 0.25) is 0 Å². The Labute approximate surface area is 103 Å². The third-order valence-corrected chi connectivity index (χ3v) is 3.68. The van der Waals surface area contributed by atoms with Crippen LogP contribution < -0.4 is 5.43 Å². The normalized spacial score (nSPS) is 21.0. The van der Waals surface area contributed by atoms with Crippen molar-refractivity contribution in [2.75, 3.05) is 0 Å². The molecule has 0 saturated carbocycles. The minimum absolute atomic E-state index is 0.505. The van der Waals surface area contributed by atoms with Crippen LogP contribution in [-0.2, 0) is 0 Å². The average Bonchev–Trinajstić information content (AvgIpc) is 2.30. The van der Waals surface area contributed by atoms with Crippen LogP contribution in [0.1, 0.15) is 53.9 Å². The van der Waals surface area contributed by atoms with Crippen LogP contribution in [0, 0.1) is 5.92 Å².